The second-order valence-electron chi connectivity index (χ2n) is 6.73. The molecule has 0 saturated carbocycles. The second-order valence-corrected chi connectivity index (χ2v) is 6.73. The quantitative estimate of drug-likeness (QED) is 0.923. The Kier molecular flexibility index (Phi) is 4.52. The van der Waals surface area contributed by atoms with E-state index in [1.165, 1.54) is 5.56 Å². The maximum Gasteiger partial charge on any atom is 0.0914 e. The first-order chi connectivity index (χ1) is 9.39. The van der Waals surface area contributed by atoms with Gasteiger partial charge >= 0.3 is 0 Å². The summed E-state index contributed by atoms with van der Waals surface area (Å²) < 4.78 is 11.2. The minimum Gasteiger partial charge on any atom is -0.381 e. The van der Waals surface area contributed by atoms with Gasteiger partial charge in [0, 0.05) is 33.2 Å². The number of rotatable bonds is 3. The summed E-state index contributed by atoms with van der Waals surface area (Å²) in [6, 6.07) is 8.53. The Labute approximate surface area is 122 Å². The van der Waals surface area contributed by atoms with E-state index in [1.807, 2.05) is 0 Å². The highest BCUT2D eigenvalue weighted by Gasteiger charge is 2.39. The molecule has 1 unspecified atom stereocenters. The zero-order valence-corrected chi connectivity index (χ0v) is 13.1. The highest BCUT2D eigenvalue weighted by atomic mass is 16.5. The van der Waals surface area contributed by atoms with Gasteiger partial charge in [-0.05, 0) is 16.5 Å². The molecule has 0 spiro atoms. The smallest absolute Gasteiger partial charge is 0.0914 e. The molecule has 1 aromatic rings. The summed E-state index contributed by atoms with van der Waals surface area (Å²) in [5, 5.41) is 0. The molecule has 0 bridgehead atoms. The molecule has 3 nitrogen and oxygen atoms in total. The van der Waals surface area contributed by atoms with E-state index in [0.29, 0.717) is 0 Å². The van der Waals surface area contributed by atoms with Crippen molar-refractivity contribution in [1.29, 1.82) is 0 Å². The SMILES string of the molecule is COC1(C(N)c2ccc(C(C)(C)C)cc2)CCOCC1. The number of ether oxygens (including phenoxy) is 2. The van der Waals surface area contributed by atoms with Gasteiger partial charge < -0.3 is 15.2 Å². The third-order valence-electron chi connectivity index (χ3n) is 4.45. The van der Waals surface area contributed by atoms with E-state index in [1.54, 1.807) is 7.11 Å². The summed E-state index contributed by atoms with van der Waals surface area (Å²) >= 11 is 0. The van der Waals surface area contributed by atoms with Crippen LogP contribution >= 0.6 is 0 Å². The molecular formula is C17H27NO2. The first-order valence-electron chi connectivity index (χ1n) is 7.38. The summed E-state index contributed by atoms with van der Waals surface area (Å²) in [4.78, 5) is 0. The van der Waals surface area contributed by atoms with Crippen LogP contribution in [-0.2, 0) is 14.9 Å². The number of methoxy groups -OCH3 is 1. The molecule has 0 amide bonds. The lowest BCUT2D eigenvalue weighted by molar-refractivity contribution is -0.105. The van der Waals surface area contributed by atoms with Crippen LogP contribution in [0.5, 0.6) is 0 Å². The molecule has 1 heterocycles. The van der Waals surface area contributed by atoms with Crippen LogP contribution in [0, 0.1) is 0 Å². The molecule has 1 saturated heterocycles. The first-order valence-corrected chi connectivity index (χ1v) is 7.38. The van der Waals surface area contributed by atoms with Crippen molar-refractivity contribution in [3.8, 4) is 0 Å². The van der Waals surface area contributed by atoms with Gasteiger partial charge in [0.25, 0.3) is 0 Å². The lowest BCUT2D eigenvalue weighted by Gasteiger charge is -2.40. The Balaban J connectivity index is 2.21. The van der Waals surface area contributed by atoms with Crippen molar-refractivity contribution in [2.24, 2.45) is 5.73 Å². The van der Waals surface area contributed by atoms with Gasteiger partial charge in [-0.3, -0.25) is 0 Å². The number of hydrogen-bond acceptors (Lipinski definition) is 3. The predicted octanol–water partition coefficient (Wildman–Crippen LogP) is 3.18. The number of hydrogen-bond donors (Lipinski definition) is 1. The summed E-state index contributed by atoms with van der Waals surface area (Å²) in [7, 11) is 1.76. The van der Waals surface area contributed by atoms with Gasteiger partial charge in [0.05, 0.1) is 11.6 Å². The molecule has 1 aromatic carbocycles. The van der Waals surface area contributed by atoms with E-state index in [-0.39, 0.29) is 17.1 Å². The fraction of sp³-hybridized carbons (Fsp3) is 0.647. The lowest BCUT2D eigenvalue weighted by Crippen LogP contribution is -2.47. The second kappa shape index (κ2) is 5.84. The maximum absolute atomic E-state index is 6.49. The molecule has 1 fully saturated rings. The first kappa shape index (κ1) is 15.5. The maximum atomic E-state index is 6.49. The molecular weight excluding hydrogens is 250 g/mol. The summed E-state index contributed by atoms with van der Waals surface area (Å²) in [6.07, 6.45) is 1.71. The lowest BCUT2D eigenvalue weighted by atomic mass is 9.81. The number of benzene rings is 1. The molecule has 2 N–H and O–H groups in total. The van der Waals surface area contributed by atoms with Crippen molar-refractivity contribution in [2.45, 2.75) is 50.7 Å². The summed E-state index contributed by atoms with van der Waals surface area (Å²) in [5.41, 5.74) is 8.84. The Hall–Kier alpha value is -0.900. The molecule has 20 heavy (non-hydrogen) atoms. The van der Waals surface area contributed by atoms with Crippen LogP contribution in [0.4, 0.5) is 0 Å². The third-order valence-corrected chi connectivity index (χ3v) is 4.45. The summed E-state index contributed by atoms with van der Waals surface area (Å²) in [6.45, 7) is 8.11. The Morgan fingerprint density at radius 3 is 2.15 bits per heavy atom. The highest BCUT2D eigenvalue weighted by molar-refractivity contribution is 5.30. The average molecular weight is 277 g/mol. The van der Waals surface area contributed by atoms with Crippen LogP contribution in [0.2, 0.25) is 0 Å². The molecule has 2 rings (SSSR count). The van der Waals surface area contributed by atoms with E-state index >= 15 is 0 Å². The standard InChI is InChI=1S/C17H27NO2/c1-16(2,3)14-7-5-13(6-8-14)15(18)17(19-4)9-11-20-12-10-17/h5-8,15H,9-12,18H2,1-4H3. The molecule has 3 heteroatoms. The van der Waals surface area contributed by atoms with Crippen LogP contribution in [-0.4, -0.2) is 25.9 Å². The van der Waals surface area contributed by atoms with Gasteiger partial charge in [0.15, 0.2) is 0 Å². The molecule has 112 valence electrons. The van der Waals surface area contributed by atoms with Crippen molar-refractivity contribution < 1.29 is 9.47 Å². The van der Waals surface area contributed by atoms with E-state index < -0.39 is 0 Å². The highest BCUT2D eigenvalue weighted by Crippen LogP contribution is 2.36. The van der Waals surface area contributed by atoms with Crippen LogP contribution in [0.25, 0.3) is 0 Å². The molecule has 1 aliphatic rings. The largest absolute Gasteiger partial charge is 0.381 e. The minimum atomic E-state index is -0.290. The fourth-order valence-electron chi connectivity index (χ4n) is 2.85. The fourth-order valence-corrected chi connectivity index (χ4v) is 2.85. The van der Waals surface area contributed by atoms with Gasteiger partial charge in [0.2, 0.25) is 0 Å². The monoisotopic (exact) mass is 277 g/mol. The minimum absolute atomic E-state index is 0.106. The topological polar surface area (TPSA) is 44.5 Å². The van der Waals surface area contributed by atoms with E-state index in [4.69, 9.17) is 15.2 Å². The van der Waals surface area contributed by atoms with E-state index in [2.05, 4.69) is 45.0 Å². The van der Waals surface area contributed by atoms with Crippen molar-refractivity contribution >= 4 is 0 Å². The van der Waals surface area contributed by atoms with E-state index in [9.17, 15) is 0 Å². The van der Waals surface area contributed by atoms with Gasteiger partial charge in [0.1, 0.15) is 0 Å². The third kappa shape index (κ3) is 3.05. The van der Waals surface area contributed by atoms with Crippen LogP contribution in [0.3, 0.4) is 0 Å². The average Bonchev–Trinajstić information content (AvgIpc) is 2.46. The van der Waals surface area contributed by atoms with Crippen LogP contribution in [0.15, 0.2) is 24.3 Å². The Bertz CT molecular complexity index is 427. The van der Waals surface area contributed by atoms with Crippen molar-refractivity contribution in [1.82, 2.24) is 0 Å². The van der Waals surface area contributed by atoms with Crippen molar-refractivity contribution in [3.63, 3.8) is 0 Å². The van der Waals surface area contributed by atoms with Gasteiger partial charge in [-0.1, -0.05) is 45.0 Å². The molecule has 1 atom stereocenters. The van der Waals surface area contributed by atoms with Gasteiger partial charge in [-0.15, -0.1) is 0 Å². The zero-order chi connectivity index (χ0) is 14.8. The zero-order valence-electron chi connectivity index (χ0n) is 13.1. The predicted molar refractivity (Wildman–Crippen MR) is 81.9 cm³/mol. The van der Waals surface area contributed by atoms with Crippen LogP contribution < -0.4 is 5.73 Å². The van der Waals surface area contributed by atoms with Crippen LogP contribution in [0.1, 0.15) is 50.8 Å². The summed E-state index contributed by atoms with van der Waals surface area (Å²) in [5.74, 6) is 0. The Morgan fingerprint density at radius 1 is 1.15 bits per heavy atom. The molecule has 0 aliphatic carbocycles. The van der Waals surface area contributed by atoms with E-state index in [0.717, 1.165) is 31.6 Å². The van der Waals surface area contributed by atoms with Gasteiger partial charge in [-0.25, -0.2) is 0 Å². The number of nitrogens with two attached hydrogens (primary N) is 1. The molecule has 0 aromatic heterocycles. The molecule has 0 radical (unpaired) electrons. The normalized spacial score (nSPS) is 20.6. The van der Waals surface area contributed by atoms with Gasteiger partial charge in [-0.2, -0.15) is 0 Å². The Morgan fingerprint density at radius 2 is 1.70 bits per heavy atom. The molecule has 1 aliphatic heterocycles. The van der Waals surface area contributed by atoms with Crippen molar-refractivity contribution in [3.05, 3.63) is 35.4 Å². The van der Waals surface area contributed by atoms with Crippen molar-refractivity contribution in [2.75, 3.05) is 20.3 Å².